The Bertz CT molecular complexity index is 574. The lowest BCUT2D eigenvalue weighted by molar-refractivity contribution is 0.601. The van der Waals surface area contributed by atoms with Gasteiger partial charge in [0.2, 0.25) is 0 Å². The van der Waals surface area contributed by atoms with E-state index in [4.69, 9.17) is 5.73 Å². The number of nitrogens with two attached hydrogens (primary N) is 1. The van der Waals surface area contributed by atoms with Crippen molar-refractivity contribution in [1.29, 1.82) is 0 Å². The van der Waals surface area contributed by atoms with Crippen LogP contribution in [-0.4, -0.2) is 8.42 Å². The van der Waals surface area contributed by atoms with Crippen LogP contribution in [0, 0.1) is 0 Å². The van der Waals surface area contributed by atoms with Gasteiger partial charge in [0.25, 0.3) is 10.0 Å². The van der Waals surface area contributed by atoms with Crippen LogP contribution in [0.4, 0.5) is 5.69 Å². The molecule has 90 valence electrons. The molecule has 2 aromatic rings. The van der Waals surface area contributed by atoms with Gasteiger partial charge in [0.1, 0.15) is 0 Å². The van der Waals surface area contributed by atoms with Crippen LogP contribution < -0.4 is 10.5 Å². The van der Waals surface area contributed by atoms with E-state index in [1.807, 2.05) is 5.38 Å². The van der Waals surface area contributed by atoms with E-state index in [-0.39, 0.29) is 4.90 Å². The Labute approximate surface area is 104 Å². The summed E-state index contributed by atoms with van der Waals surface area (Å²) in [7, 11) is -3.49. The lowest BCUT2D eigenvalue weighted by atomic mass is 10.2. The summed E-state index contributed by atoms with van der Waals surface area (Å²) in [6.45, 7) is 0.401. The van der Waals surface area contributed by atoms with Gasteiger partial charge in [0.15, 0.2) is 0 Å². The second-order valence-electron chi connectivity index (χ2n) is 3.47. The SMILES string of the molecule is NCc1ccc(S(=O)(=O)Nc2ccsc2)cc1. The highest BCUT2D eigenvalue weighted by molar-refractivity contribution is 7.92. The molecule has 4 nitrogen and oxygen atoms in total. The molecule has 1 aromatic heterocycles. The second-order valence-corrected chi connectivity index (χ2v) is 5.93. The fourth-order valence-electron chi connectivity index (χ4n) is 1.34. The minimum atomic E-state index is -3.49. The van der Waals surface area contributed by atoms with Gasteiger partial charge in [-0.2, -0.15) is 11.3 Å². The highest BCUT2D eigenvalue weighted by Crippen LogP contribution is 2.18. The average Bonchev–Trinajstić information content (AvgIpc) is 2.81. The molecule has 0 fully saturated rings. The molecule has 0 aliphatic carbocycles. The zero-order valence-corrected chi connectivity index (χ0v) is 10.6. The molecule has 0 aliphatic heterocycles. The first-order valence-electron chi connectivity index (χ1n) is 4.96. The van der Waals surface area contributed by atoms with Gasteiger partial charge in [0, 0.05) is 11.9 Å². The molecule has 0 amide bonds. The summed E-state index contributed by atoms with van der Waals surface area (Å²) in [4.78, 5) is 0.237. The maximum Gasteiger partial charge on any atom is 0.261 e. The molecule has 0 spiro atoms. The fourth-order valence-corrected chi connectivity index (χ4v) is 3.05. The van der Waals surface area contributed by atoms with Gasteiger partial charge in [-0.3, -0.25) is 4.72 Å². The van der Waals surface area contributed by atoms with E-state index in [0.29, 0.717) is 12.2 Å². The van der Waals surface area contributed by atoms with Gasteiger partial charge in [-0.05, 0) is 29.1 Å². The molecule has 1 aromatic carbocycles. The quantitative estimate of drug-likeness (QED) is 0.891. The van der Waals surface area contributed by atoms with Gasteiger partial charge < -0.3 is 5.73 Å². The van der Waals surface area contributed by atoms with Crippen molar-refractivity contribution in [3.63, 3.8) is 0 Å². The maximum atomic E-state index is 12.0. The molecular weight excluding hydrogens is 256 g/mol. The Morgan fingerprint density at radius 2 is 1.88 bits per heavy atom. The van der Waals surface area contributed by atoms with Gasteiger partial charge in [-0.15, -0.1) is 0 Å². The molecule has 3 N–H and O–H groups in total. The first kappa shape index (κ1) is 12.1. The van der Waals surface area contributed by atoms with E-state index >= 15 is 0 Å². The Hall–Kier alpha value is -1.37. The third-order valence-electron chi connectivity index (χ3n) is 2.24. The molecule has 0 saturated carbocycles. The molecule has 0 unspecified atom stereocenters. The Balaban J connectivity index is 2.25. The standard InChI is InChI=1S/C11H12N2O2S2/c12-7-9-1-3-11(4-2-9)17(14,15)13-10-5-6-16-8-10/h1-6,8,13H,7,12H2. The first-order valence-corrected chi connectivity index (χ1v) is 7.38. The van der Waals surface area contributed by atoms with E-state index in [2.05, 4.69) is 4.72 Å². The molecule has 17 heavy (non-hydrogen) atoms. The summed E-state index contributed by atoms with van der Waals surface area (Å²) in [5.74, 6) is 0. The summed E-state index contributed by atoms with van der Waals surface area (Å²) < 4.78 is 26.4. The van der Waals surface area contributed by atoms with E-state index in [9.17, 15) is 8.42 Å². The molecule has 2 rings (SSSR count). The maximum absolute atomic E-state index is 12.0. The Morgan fingerprint density at radius 1 is 1.18 bits per heavy atom. The fraction of sp³-hybridized carbons (Fsp3) is 0.0909. The van der Waals surface area contributed by atoms with Gasteiger partial charge in [-0.1, -0.05) is 12.1 Å². The number of anilines is 1. The van der Waals surface area contributed by atoms with Crippen molar-refractivity contribution < 1.29 is 8.42 Å². The third kappa shape index (κ3) is 2.85. The number of benzene rings is 1. The first-order chi connectivity index (χ1) is 8.12. The lowest BCUT2D eigenvalue weighted by Gasteiger charge is -2.06. The minimum absolute atomic E-state index is 0.237. The zero-order chi connectivity index (χ0) is 12.3. The van der Waals surface area contributed by atoms with Crippen LogP contribution in [0.15, 0.2) is 46.0 Å². The largest absolute Gasteiger partial charge is 0.326 e. The van der Waals surface area contributed by atoms with E-state index < -0.39 is 10.0 Å². The highest BCUT2D eigenvalue weighted by Gasteiger charge is 2.13. The highest BCUT2D eigenvalue weighted by atomic mass is 32.2. The summed E-state index contributed by atoms with van der Waals surface area (Å²) in [6, 6.07) is 8.24. The van der Waals surface area contributed by atoms with Crippen LogP contribution in [0.3, 0.4) is 0 Å². The summed E-state index contributed by atoms with van der Waals surface area (Å²) in [5, 5.41) is 3.56. The van der Waals surface area contributed by atoms with Crippen molar-refractivity contribution in [2.75, 3.05) is 4.72 Å². The molecular formula is C11H12N2O2S2. The Kier molecular flexibility index (Phi) is 3.46. The number of rotatable bonds is 4. The van der Waals surface area contributed by atoms with Crippen molar-refractivity contribution in [2.45, 2.75) is 11.4 Å². The molecule has 0 radical (unpaired) electrons. The molecule has 0 bridgehead atoms. The van der Waals surface area contributed by atoms with Gasteiger partial charge >= 0.3 is 0 Å². The number of thiophene rings is 1. The van der Waals surface area contributed by atoms with Crippen molar-refractivity contribution in [3.05, 3.63) is 46.7 Å². The third-order valence-corrected chi connectivity index (χ3v) is 4.32. The van der Waals surface area contributed by atoms with Crippen LogP contribution in [0.2, 0.25) is 0 Å². The van der Waals surface area contributed by atoms with Crippen LogP contribution in [-0.2, 0) is 16.6 Å². The minimum Gasteiger partial charge on any atom is -0.326 e. The van der Waals surface area contributed by atoms with Crippen LogP contribution in [0.1, 0.15) is 5.56 Å². The normalized spacial score (nSPS) is 11.4. The number of nitrogens with one attached hydrogen (secondary N) is 1. The summed E-state index contributed by atoms with van der Waals surface area (Å²) in [5.41, 5.74) is 6.94. The summed E-state index contributed by atoms with van der Waals surface area (Å²) >= 11 is 1.44. The van der Waals surface area contributed by atoms with Crippen LogP contribution in [0.5, 0.6) is 0 Å². The molecule has 1 heterocycles. The topological polar surface area (TPSA) is 72.2 Å². The van der Waals surface area contributed by atoms with Crippen molar-refractivity contribution in [1.82, 2.24) is 0 Å². The average molecular weight is 268 g/mol. The molecule has 0 aliphatic rings. The predicted molar refractivity (Wildman–Crippen MR) is 69.5 cm³/mol. The van der Waals surface area contributed by atoms with Crippen LogP contribution >= 0.6 is 11.3 Å². The molecule has 6 heteroatoms. The number of hydrogen-bond acceptors (Lipinski definition) is 4. The summed E-state index contributed by atoms with van der Waals surface area (Å²) in [6.07, 6.45) is 0. The zero-order valence-electron chi connectivity index (χ0n) is 8.96. The van der Waals surface area contributed by atoms with Gasteiger partial charge in [0.05, 0.1) is 10.6 Å². The second kappa shape index (κ2) is 4.87. The number of sulfonamides is 1. The smallest absolute Gasteiger partial charge is 0.261 e. The van der Waals surface area contributed by atoms with E-state index in [1.54, 1.807) is 35.7 Å². The van der Waals surface area contributed by atoms with E-state index in [1.165, 1.54) is 11.3 Å². The van der Waals surface area contributed by atoms with Crippen molar-refractivity contribution in [2.24, 2.45) is 5.73 Å². The number of hydrogen-bond donors (Lipinski definition) is 2. The van der Waals surface area contributed by atoms with Crippen LogP contribution in [0.25, 0.3) is 0 Å². The van der Waals surface area contributed by atoms with E-state index in [0.717, 1.165) is 5.56 Å². The molecule has 0 atom stereocenters. The van der Waals surface area contributed by atoms with Crippen molar-refractivity contribution in [3.8, 4) is 0 Å². The predicted octanol–water partition coefficient (Wildman–Crippen LogP) is 2.01. The monoisotopic (exact) mass is 268 g/mol. The Morgan fingerprint density at radius 3 is 2.41 bits per heavy atom. The van der Waals surface area contributed by atoms with Crippen molar-refractivity contribution >= 4 is 27.0 Å². The lowest BCUT2D eigenvalue weighted by Crippen LogP contribution is -2.12. The molecule has 0 saturated heterocycles. The van der Waals surface area contributed by atoms with Gasteiger partial charge in [-0.25, -0.2) is 8.42 Å².